The minimum absolute atomic E-state index is 0.465. The van der Waals surface area contributed by atoms with Gasteiger partial charge in [-0.25, -0.2) is 0 Å². The molecule has 2 fully saturated rings. The van der Waals surface area contributed by atoms with Crippen molar-refractivity contribution in [2.75, 3.05) is 26.2 Å². The molecular weight excluding hydrogens is 390 g/mol. The van der Waals surface area contributed by atoms with Crippen molar-refractivity contribution < 1.29 is 4.74 Å². The quantitative estimate of drug-likeness (QED) is 0.182. The van der Waals surface area contributed by atoms with Gasteiger partial charge in [-0.3, -0.25) is 0 Å². The molecule has 0 radical (unpaired) electrons. The molecule has 0 amide bonds. The average molecular weight is 450 g/mol. The van der Waals surface area contributed by atoms with Crippen LogP contribution in [0.2, 0.25) is 0 Å². The zero-order chi connectivity index (χ0) is 23.1. The molecule has 2 aliphatic rings. The van der Waals surface area contributed by atoms with E-state index in [1.807, 2.05) is 0 Å². The maximum absolute atomic E-state index is 6.08. The molecule has 0 aromatic rings. The summed E-state index contributed by atoms with van der Waals surface area (Å²) in [6, 6.07) is 0. The van der Waals surface area contributed by atoms with Crippen molar-refractivity contribution in [3.63, 3.8) is 0 Å². The van der Waals surface area contributed by atoms with Gasteiger partial charge in [0.1, 0.15) is 0 Å². The van der Waals surface area contributed by atoms with Crippen LogP contribution in [-0.2, 0) is 4.74 Å². The highest BCUT2D eigenvalue weighted by molar-refractivity contribution is 4.97. The molecule has 1 saturated heterocycles. The Balaban J connectivity index is 1.52. The molecule has 0 bridgehead atoms. The van der Waals surface area contributed by atoms with Gasteiger partial charge in [0.25, 0.3) is 0 Å². The van der Waals surface area contributed by atoms with Crippen LogP contribution in [0, 0.1) is 17.3 Å². The molecule has 32 heavy (non-hydrogen) atoms. The molecule has 0 aromatic heterocycles. The monoisotopic (exact) mass is 449 g/mol. The number of piperidine rings is 1. The highest BCUT2D eigenvalue weighted by atomic mass is 16.5. The first-order valence-corrected chi connectivity index (χ1v) is 14.9. The molecular formula is C30H59NO. The molecule has 0 aromatic carbocycles. The van der Waals surface area contributed by atoms with Crippen LogP contribution in [0.25, 0.3) is 0 Å². The zero-order valence-corrected chi connectivity index (χ0v) is 22.6. The van der Waals surface area contributed by atoms with Crippen molar-refractivity contribution in [1.82, 2.24) is 4.90 Å². The summed E-state index contributed by atoms with van der Waals surface area (Å²) >= 11 is 0. The van der Waals surface area contributed by atoms with Gasteiger partial charge in [-0.2, -0.15) is 0 Å². The summed E-state index contributed by atoms with van der Waals surface area (Å²) in [5.41, 5.74) is 0.732. The van der Waals surface area contributed by atoms with Gasteiger partial charge in [-0.1, -0.05) is 78.6 Å². The predicted molar refractivity (Wildman–Crippen MR) is 141 cm³/mol. The van der Waals surface area contributed by atoms with Crippen molar-refractivity contribution >= 4 is 0 Å². The van der Waals surface area contributed by atoms with Crippen LogP contribution in [-0.4, -0.2) is 37.2 Å². The molecule has 2 heteroatoms. The molecule has 1 aliphatic heterocycles. The van der Waals surface area contributed by atoms with Gasteiger partial charge < -0.3 is 9.64 Å². The molecule has 2 rings (SSSR count). The van der Waals surface area contributed by atoms with E-state index in [1.54, 1.807) is 0 Å². The second-order valence-electron chi connectivity index (χ2n) is 11.8. The molecule has 1 saturated carbocycles. The lowest BCUT2D eigenvalue weighted by atomic mass is 9.56. The van der Waals surface area contributed by atoms with Crippen molar-refractivity contribution in [3.8, 4) is 0 Å². The lowest BCUT2D eigenvalue weighted by Gasteiger charge is -2.53. The Labute approximate surface area is 202 Å². The molecule has 1 aliphatic carbocycles. The van der Waals surface area contributed by atoms with Gasteiger partial charge in [-0.05, 0) is 95.1 Å². The van der Waals surface area contributed by atoms with E-state index in [4.69, 9.17) is 4.74 Å². The van der Waals surface area contributed by atoms with Crippen LogP contribution in [0.1, 0.15) is 143 Å². The van der Waals surface area contributed by atoms with Crippen LogP contribution >= 0.6 is 0 Å². The second-order valence-corrected chi connectivity index (χ2v) is 11.8. The SMILES string of the molecule is CCCCCCC(CCC)CN1CCC2(CC1)CC(CCCOC(C)CCCCCC)C2. The van der Waals surface area contributed by atoms with E-state index in [0.717, 1.165) is 23.9 Å². The van der Waals surface area contributed by atoms with E-state index in [0.29, 0.717) is 6.10 Å². The first-order valence-electron chi connectivity index (χ1n) is 14.9. The Kier molecular flexibility index (Phi) is 14.5. The lowest BCUT2D eigenvalue weighted by molar-refractivity contribution is -0.0251. The number of ether oxygens (including phenoxy) is 1. The van der Waals surface area contributed by atoms with Gasteiger partial charge >= 0.3 is 0 Å². The fourth-order valence-corrected chi connectivity index (χ4v) is 6.55. The second kappa shape index (κ2) is 16.5. The number of likely N-dealkylation sites (tertiary alicyclic amines) is 1. The normalized spacial score (nSPS) is 21.0. The fraction of sp³-hybridized carbons (Fsp3) is 1.00. The number of unbranched alkanes of at least 4 members (excludes halogenated alkanes) is 6. The summed E-state index contributed by atoms with van der Waals surface area (Å²) in [6.45, 7) is 14.4. The third-order valence-corrected chi connectivity index (χ3v) is 8.66. The first-order chi connectivity index (χ1) is 15.6. The maximum Gasteiger partial charge on any atom is 0.0547 e. The molecule has 1 heterocycles. The Morgan fingerprint density at radius 2 is 1.44 bits per heavy atom. The predicted octanol–water partition coefficient (Wildman–Crippen LogP) is 9.02. The Morgan fingerprint density at radius 3 is 2.06 bits per heavy atom. The minimum atomic E-state index is 0.465. The van der Waals surface area contributed by atoms with Crippen molar-refractivity contribution in [2.45, 2.75) is 149 Å². The number of rotatable bonds is 19. The topological polar surface area (TPSA) is 12.5 Å². The van der Waals surface area contributed by atoms with Crippen molar-refractivity contribution in [3.05, 3.63) is 0 Å². The van der Waals surface area contributed by atoms with Crippen molar-refractivity contribution in [1.29, 1.82) is 0 Å². The van der Waals surface area contributed by atoms with E-state index >= 15 is 0 Å². The van der Waals surface area contributed by atoms with E-state index in [2.05, 4.69) is 32.6 Å². The number of hydrogen-bond donors (Lipinski definition) is 0. The summed E-state index contributed by atoms with van der Waals surface area (Å²) in [7, 11) is 0. The number of nitrogens with zero attached hydrogens (tertiary/aromatic N) is 1. The van der Waals surface area contributed by atoms with Gasteiger partial charge in [0, 0.05) is 13.2 Å². The van der Waals surface area contributed by atoms with E-state index in [9.17, 15) is 0 Å². The largest absolute Gasteiger partial charge is 0.379 e. The molecule has 2 atom stereocenters. The molecule has 1 spiro atoms. The fourth-order valence-electron chi connectivity index (χ4n) is 6.55. The first kappa shape index (κ1) is 28.2. The Hall–Kier alpha value is -0.0800. The van der Waals surface area contributed by atoms with Crippen LogP contribution in [0.3, 0.4) is 0 Å². The van der Waals surface area contributed by atoms with Crippen LogP contribution < -0.4 is 0 Å². The van der Waals surface area contributed by atoms with Gasteiger partial charge in [-0.15, -0.1) is 0 Å². The van der Waals surface area contributed by atoms with Crippen LogP contribution in [0.5, 0.6) is 0 Å². The molecule has 2 unspecified atom stereocenters. The van der Waals surface area contributed by atoms with Gasteiger partial charge in [0.15, 0.2) is 0 Å². The molecule has 2 nitrogen and oxygen atoms in total. The summed E-state index contributed by atoms with van der Waals surface area (Å²) in [5.74, 6) is 1.95. The standard InChI is InChI=1S/C30H59NO/c1-5-8-10-12-16-27(4)32-23-14-18-29-24-30(25-29)19-21-31(22-20-30)26-28(15-7-3)17-13-11-9-6-2/h27-29H,5-26H2,1-4H3. The van der Waals surface area contributed by atoms with E-state index < -0.39 is 0 Å². The molecule has 190 valence electrons. The summed E-state index contributed by atoms with van der Waals surface area (Å²) in [6.07, 6.45) is 25.8. The highest BCUT2D eigenvalue weighted by Gasteiger charge is 2.45. The summed E-state index contributed by atoms with van der Waals surface area (Å²) in [4.78, 5) is 2.83. The summed E-state index contributed by atoms with van der Waals surface area (Å²) in [5, 5.41) is 0. The van der Waals surface area contributed by atoms with Crippen molar-refractivity contribution in [2.24, 2.45) is 17.3 Å². The van der Waals surface area contributed by atoms with Crippen LogP contribution in [0.4, 0.5) is 0 Å². The van der Waals surface area contributed by atoms with E-state index in [-0.39, 0.29) is 0 Å². The summed E-state index contributed by atoms with van der Waals surface area (Å²) < 4.78 is 6.08. The maximum atomic E-state index is 6.08. The zero-order valence-electron chi connectivity index (χ0n) is 22.6. The Bertz CT molecular complexity index is 434. The third-order valence-electron chi connectivity index (χ3n) is 8.66. The third kappa shape index (κ3) is 10.9. The average Bonchev–Trinajstić information content (AvgIpc) is 2.77. The smallest absolute Gasteiger partial charge is 0.0547 e. The van der Waals surface area contributed by atoms with E-state index in [1.165, 1.54) is 135 Å². The Morgan fingerprint density at radius 1 is 0.781 bits per heavy atom. The highest BCUT2D eigenvalue weighted by Crippen LogP contribution is 2.54. The number of hydrogen-bond acceptors (Lipinski definition) is 2. The lowest BCUT2D eigenvalue weighted by Crippen LogP contribution is -2.48. The van der Waals surface area contributed by atoms with Gasteiger partial charge in [0.05, 0.1) is 6.10 Å². The van der Waals surface area contributed by atoms with Crippen LogP contribution in [0.15, 0.2) is 0 Å². The minimum Gasteiger partial charge on any atom is -0.379 e. The van der Waals surface area contributed by atoms with Gasteiger partial charge in [0.2, 0.25) is 0 Å². The molecule has 0 N–H and O–H groups in total.